The Kier molecular flexibility index (Phi) is 2.56. The van der Waals surface area contributed by atoms with Gasteiger partial charge in [-0.3, -0.25) is 0 Å². The fourth-order valence-electron chi connectivity index (χ4n) is 1.60. The molecule has 0 unspecified atom stereocenters. The van der Waals surface area contributed by atoms with E-state index in [0.29, 0.717) is 6.54 Å². The van der Waals surface area contributed by atoms with Crippen LogP contribution in [0.15, 0.2) is 22.7 Å². The van der Waals surface area contributed by atoms with E-state index in [9.17, 15) is 0 Å². The summed E-state index contributed by atoms with van der Waals surface area (Å²) in [6, 6.07) is 5.96. The van der Waals surface area contributed by atoms with Crippen molar-refractivity contribution in [3.63, 3.8) is 0 Å². The number of fused-ring (bicyclic) bond motifs is 1. The molecule has 14 heavy (non-hydrogen) atoms. The Bertz CT molecular complexity index is 464. The van der Waals surface area contributed by atoms with Crippen molar-refractivity contribution in [3.05, 3.63) is 28.5 Å². The topological polar surface area (TPSA) is 38.0 Å². The SMILES string of the molecule is Cc1nc2ccc(Br)cc2n1CCO. The van der Waals surface area contributed by atoms with Gasteiger partial charge in [0.15, 0.2) is 0 Å². The van der Waals surface area contributed by atoms with Gasteiger partial charge in [-0.05, 0) is 25.1 Å². The first-order valence-corrected chi connectivity index (χ1v) is 5.25. The molecular formula is C10H11BrN2O. The van der Waals surface area contributed by atoms with Gasteiger partial charge in [0.1, 0.15) is 5.82 Å². The van der Waals surface area contributed by atoms with Crippen molar-refractivity contribution in [2.24, 2.45) is 0 Å². The number of imidazole rings is 1. The summed E-state index contributed by atoms with van der Waals surface area (Å²) in [6.45, 7) is 2.68. The van der Waals surface area contributed by atoms with Crippen molar-refractivity contribution in [1.29, 1.82) is 0 Å². The summed E-state index contributed by atoms with van der Waals surface area (Å²) in [6.07, 6.45) is 0. The van der Waals surface area contributed by atoms with E-state index in [-0.39, 0.29) is 6.61 Å². The summed E-state index contributed by atoms with van der Waals surface area (Å²) in [5, 5.41) is 8.93. The summed E-state index contributed by atoms with van der Waals surface area (Å²) >= 11 is 3.42. The summed E-state index contributed by atoms with van der Waals surface area (Å²) in [4.78, 5) is 4.40. The standard InChI is InChI=1S/C10H11BrN2O/c1-7-12-9-3-2-8(11)6-10(9)13(7)4-5-14/h2-3,6,14H,4-5H2,1H3. The van der Waals surface area contributed by atoms with Crippen molar-refractivity contribution in [2.75, 3.05) is 6.61 Å². The summed E-state index contributed by atoms with van der Waals surface area (Å²) in [7, 11) is 0. The number of aliphatic hydroxyl groups is 1. The van der Waals surface area contributed by atoms with Crippen molar-refractivity contribution in [2.45, 2.75) is 13.5 Å². The number of benzene rings is 1. The summed E-state index contributed by atoms with van der Waals surface area (Å²) in [5.41, 5.74) is 2.03. The molecule has 0 saturated carbocycles. The molecule has 0 bridgehead atoms. The smallest absolute Gasteiger partial charge is 0.106 e. The number of aryl methyl sites for hydroxylation is 1. The highest BCUT2D eigenvalue weighted by Gasteiger charge is 2.06. The van der Waals surface area contributed by atoms with Crippen LogP contribution in [0, 0.1) is 6.92 Å². The quantitative estimate of drug-likeness (QED) is 0.892. The van der Waals surface area contributed by atoms with Gasteiger partial charge in [0, 0.05) is 11.0 Å². The lowest BCUT2D eigenvalue weighted by molar-refractivity contribution is 0.276. The van der Waals surface area contributed by atoms with Crippen LogP contribution >= 0.6 is 15.9 Å². The zero-order chi connectivity index (χ0) is 10.1. The molecule has 1 heterocycles. The molecule has 4 heteroatoms. The average molecular weight is 255 g/mol. The van der Waals surface area contributed by atoms with Gasteiger partial charge in [-0.1, -0.05) is 15.9 Å². The lowest BCUT2D eigenvalue weighted by atomic mass is 10.3. The molecule has 1 aromatic carbocycles. The second-order valence-corrected chi connectivity index (χ2v) is 4.08. The highest BCUT2D eigenvalue weighted by atomic mass is 79.9. The molecule has 3 nitrogen and oxygen atoms in total. The van der Waals surface area contributed by atoms with Gasteiger partial charge in [0.05, 0.1) is 17.6 Å². The number of aliphatic hydroxyl groups excluding tert-OH is 1. The fraction of sp³-hybridized carbons (Fsp3) is 0.300. The molecule has 1 N–H and O–H groups in total. The van der Waals surface area contributed by atoms with Gasteiger partial charge in [0.25, 0.3) is 0 Å². The predicted molar refractivity (Wildman–Crippen MR) is 59.3 cm³/mol. The maximum atomic E-state index is 8.93. The van der Waals surface area contributed by atoms with E-state index in [4.69, 9.17) is 5.11 Å². The monoisotopic (exact) mass is 254 g/mol. The van der Waals surface area contributed by atoms with Crippen molar-refractivity contribution in [3.8, 4) is 0 Å². The minimum Gasteiger partial charge on any atom is -0.395 e. The fourth-order valence-corrected chi connectivity index (χ4v) is 1.95. The number of hydrogen-bond acceptors (Lipinski definition) is 2. The maximum Gasteiger partial charge on any atom is 0.106 e. The molecule has 0 aliphatic carbocycles. The first-order chi connectivity index (χ1) is 6.72. The lowest BCUT2D eigenvalue weighted by Crippen LogP contribution is -2.03. The van der Waals surface area contributed by atoms with Gasteiger partial charge < -0.3 is 9.67 Å². The molecule has 2 rings (SSSR count). The van der Waals surface area contributed by atoms with E-state index in [1.165, 1.54) is 0 Å². The van der Waals surface area contributed by atoms with Crippen molar-refractivity contribution >= 4 is 27.0 Å². The molecule has 74 valence electrons. The van der Waals surface area contributed by atoms with E-state index >= 15 is 0 Å². The molecule has 0 saturated heterocycles. The van der Waals surface area contributed by atoms with Crippen LogP contribution in [-0.2, 0) is 6.54 Å². The van der Waals surface area contributed by atoms with Crippen LogP contribution in [-0.4, -0.2) is 21.3 Å². The Morgan fingerprint density at radius 3 is 3.00 bits per heavy atom. The Morgan fingerprint density at radius 1 is 1.50 bits per heavy atom. The molecule has 0 aliphatic heterocycles. The molecule has 0 amide bonds. The average Bonchev–Trinajstić information content (AvgIpc) is 2.45. The molecule has 2 aromatic rings. The van der Waals surface area contributed by atoms with Crippen LogP contribution in [0.1, 0.15) is 5.82 Å². The van der Waals surface area contributed by atoms with E-state index in [1.807, 2.05) is 29.7 Å². The zero-order valence-corrected chi connectivity index (χ0v) is 9.45. The van der Waals surface area contributed by atoms with Crippen LogP contribution in [0.4, 0.5) is 0 Å². The van der Waals surface area contributed by atoms with E-state index < -0.39 is 0 Å². The Morgan fingerprint density at radius 2 is 2.29 bits per heavy atom. The molecule has 0 spiro atoms. The highest BCUT2D eigenvalue weighted by molar-refractivity contribution is 9.10. The summed E-state index contributed by atoms with van der Waals surface area (Å²) < 4.78 is 3.05. The van der Waals surface area contributed by atoms with Crippen LogP contribution in [0.3, 0.4) is 0 Å². The molecule has 0 aliphatic rings. The molecule has 0 fully saturated rings. The Balaban J connectivity index is 2.66. The van der Waals surface area contributed by atoms with E-state index in [1.54, 1.807) is 0 Å². The molecular weight excluding hydrogens is 244 g/mol. The molecule has 0 atom stereocenters. The van der Waals surface area contributed by atoms with Crippen LogP contribution < -0.4 is 0 Å². The Hall–Kier alpha value is -0.870. The molecule has 0 radical (unpaired) electrons. The van der Waals surface area contributed by atoms with Crippen LogP contribution in [0.2, 0.25) is 0 Å². The minimum absolute atomic E-state index is 0.138. The van der Waals surface area contributed by atoms with Gasteiger partial charge >= 0.3 is 0 Å². The summed E-state index contributed by atoms with van der Waals surface area (Å²) in [5.74, 6) is 0.937. The van der Waals surface area contributed by atoms with Crippen molar-refractivity contribution < 1.29 is 5.11 Å². The van der Waals surface area contributed by atoms with Crippen molar-refractivity contribution in [1.82, 2.24) is 9.55 Å². The van der Waals surface area contributed by atoms with Gasteiger partial charge in [-0.2, -0.15) is 0 Å². The normalized spacial score (nSPS) is 11.1. The van der Waals surface area contributed by atoms with Gasteiger partial charge in [-0.15, -0.1) is 0 Å². The molecule has 1 aromatic heterocycles. The largest absolute Gasteiger partial charge is 0.395 e. The lowest BCUT2D eigenvalue weighted by Gasteiger charge is -2.03. The van der Waals surface area contributed by atoms with E-state index in [2.05, 4.69) is 20.9 Å². The van der Waals surface area contributed by atoms with Crippen LogP contribution in [0.5, 0.6) is 0 Å². The first kappa shape index (κ1) is 9.68. The zero-order valence-electron chi connectivity index (χ0n) is 7.87. The third-order valence-electron chi connectivity index (χ3n) is 2.22. The predicted octanol–water partition coefficient (Wildman–Crippen LogP) is 2.10. The Labute approximate surface area is 90.5 Å². The number of halogens is 1. The number of aromatic nitrogens is 2. The highest BCUT2D eigenvalue weighted by Crippen LogP contribution is 2.20. The number of hydrogen-bond donors (Lipinski definition) is 1. The minimum atomic E-state index is 0.138. The third kappa shape index (κ3) is 1.55. The second kappa shape index (κ2) is 3.71. The maximum absolute atomic E-state index is 8.93. The second-order valence-electron chi connectivity index (χ2n) is 3.17. The van der Waals surface area contributed by atoms with Gasteiger partial charge in [0.2, 0.25) is 0 Å². The third-order valence-corrected chi connectivity index (χ3v) is 2.72. The first-order valence-electron chi connectivity index (χ1n) is 4.45. The van der Waals surface area contributed by atoms with E-state index in [0.717, 1.165) is 21.3 Å². The van der Waals surface area contributed by atoms with Gasteiger partial charge in [-0.25, -0.2) is 4.98 Å². The van der Waals surface area contributed by atoms with Crippen LogP contribution in [0.25, 0.3) is 11.0 Å². The number of nitrogens with zero attached hydrogens (tertiary/aromatic N) is 2. The number of rotatable bonds is 2.